The van der Waals surface area contributed by atoms with Crippen molar-refractivity contribution in [3.8, 4) is 5.75 Å². The normalized spacial score (nSPS) is 16.3. The summed E-state index contributed by atoms with van der Waals surface area (Å²) in [6.07, 6.45) is 2.58. The van der Waals surface area contributed by atoms with Crippen molar-refractivity contribution in [2.75, 3.05) is 6.54 Å². The molecule has 1 fully saturated rings. The number of phenolic OH excluding ortho intramolecular Hbond substituents is 1. The molecule has 1 heterocycles. The van der Waals surface area contributed by atoms with E-state index in [0.717, 1.165) is 12.0 Å². The third-order valence-electron chi connectivity index (χ3n) is 3.53. The summed E-state index contributed by atoms with van der Waals surface area (Å²) in [5.74, 6) is 0.154. The predicted octanol–water partition coefficient (Wildman–Crippen LogP) is 3.84. The summed E-state index contributed by atoms with van der Waals surface area (Å²) in [6, 6.07) is 16.8. The molecule has 0 unspecified atom stereocenters. The molecule has 2 aromatic carbocycles. The molecule has 1 amide bonds. The molecule has 23 heavy (non-hydrogen) atoms. The van der Waals surface area contributed by atoms with Gasteiger partial charge in [0.15, 0.2) is 0 Å². The molecular weight excluding hydrogens is 326 g/mol. The standard InChI is InChI=1S/C18H15NO2S2/c20-15-8-6-14(7-9-15)12-16-17(21)19(18(22)23-16)11-10-13-4-2-1-3-5-13/h1-9,12,20H,10-11H2. The van der Waals surface area contributed by atoms with Crippen LogP contribution in [0.3, 0.4) is 0 Å². The highest BCUT2D eigenvalue weighted by molar-refractivity contribution is 8.26. The molecule has 0 bridgehead atoms. The average molecular weight is 341 g/mol. The second kappa shape index (κ2) is 6.98. The van der Waals surface area contributed by atoms with Crippen LogP contribution in [0, 0.1) is 0 Å². The first-order valence-electron chi connectivity index (χ1n) is 7.22. The van der Waals surface area contributed by atoms with Crippen LogP contribution in [0.1, 0.15) is 11.1 Å². The van der Waals surface area contributed by atoms with Crippen molar-refractivity contribution in [3.63, 3.8) is 0 Å². The number of amides is 1. The lowest BCUT2D eigenvalue weighted by Gasteiger charge is -2.14. The molecular formula is C18H15NO2S2. The largest absolute Gasteiger partial charge is 0.508 e. The fraction of sp³-hybridized carbons (Fsp3) is 0.111. The van der Waals surface area contributed by atoms with Gasteiger partial charge in [0.1, 0.15) is 10.1 Å². The summed E-state index contributed by atoms with van der Waals surface area (Å²) in [7, 11) is 0. The number of nitrogens with zero attached hydrogens (tertiary/aromatic N) is 1. The Bertz CT molecular complexity index is 754. The van der Waals surface area contributed by atoms with E-state index < -0.39 is 0 Å². The van der Waals surface area contributed by atoms with E-state index in [2.05, 4.69) is 0 Å². The number of benzene rings is 2. The van der Waals surface area contributed by atoms with Gasteiger partial charge in [-0.05, 0) is 35.8 Å². The van der Waals surface area contributed by atoms with Crippen LogP contribution in [-0.2, 0) is 11.2 Å². The van der Waals surface area contributed by atoms with Gasteiger partial charge in [-0.15, -0.1) is 0 Å². The average Bonchev–Trinajstić information content (AvgIpc) is 2.82. The van der Waals surface area contributed by atoms with Crippen molar-refractivity contribution >= 4 is 40.3 Å². The Kier molecular flexibility index (Phi) is 4.79. The van der Waals surface area contributed by atoms with E-state index >= 15 is 0 Å². The number of thiocarbonyl (C=S) groups is 1. The maximum absolute atomic E-state index is 12.5. The number of aromatic hydroxyl groups is 1. The van der Waals surface area contributed by atoms with Crippen molar-refractivity contribution in [3.05, 3.63) is 70.6 Å². The van der Waals surface area contributed by atoms with Gasteiger partial charge in [-0.25, -0.2) is 0 Å². The SMILES string of the molecule is O=C1C(=Cc2ccc(O)cc2)SC(=S)N1CCc1ccccc1. The minimum absolute atomic E-state index is 0.0518. The zero-order chi connectivity index (χ0) is 16.2. The van der Waals surface area contributed by atoms with Crippen molar-refractivity contribution in [1.29, 1.82) is 0 Å². The van der Waals surface area contributed by atoms with Crippen molar-refractivity contribution in [2.24, 2.45) is 0 Å². The summed E-state index contributed by atoms with van der Waals surface area (Å²) in [5.41, 5.74) is 2.05. The highest BCUT2D eigenvalue weighted by atomic mass is 32.2. The fourth-order valence-electron chi connectivity index (χ4n) is 2.30. The van der Waals surface area contributed by atoms with Crippen molar-refractivity contribution in [1.82, 2.24) is 4.90 Å². The first-order chi connectivity index (χ1) is 11.1. The third kappa shape index (κ3) is 3.81. The van der Waals surface area contributed by atoms with E-state index in [1.165, 1.54) is 17.3 Å². The third-order valence-corrected chi connectivity index (χ3v) is 4.91. The predicted molar refractivity (Wildman–Crippen MR) is 98.1 cm³/mol. The Morgan fingerprint density at radius 3 is 2.48 bits per heavy atom. The molecule has 1 saturated heterocycles. The zero-order valence-electron chi connectivity index (χ0n) is 12.3. The van der Waals surface area contributed by atoms with Crippen LogP contribution in [0.25, 0.3) is 6.08 Å². The van der Waals surface area contributed by atoms with E-state index in [-0.39, 0.29) is 11.7 Å². The highest BCUT2D eigenvalue weighted by Crippen LogP contribution is 2.32. The Morgan fingerprint density at radius 2 is 1.78 bits per heavy atom. The van der Waals surface area contributed by atoms with Crippen LogP contribution in [-0.4, -0.2) is 26.8 Å². The van der Waals surface area contributed by atoms with Gasteiger partial charge >= 0.3 is 0 Å². The lowest BCUT2D eigenvalue weighted by molar-refractivity contribution is -0.122. The van der Waals surface area contributed by atoms with Gasteiger partial charge in [-0.3, -0.25) is 9.69 Å². The molecule has 1 N–H and O–H groups in total. The molecule has 0 saturated carbocycles. The molecule has 116 valence electrons. The number of carbonyl (C=O) groups excluding carboxylic acids is 1. The van der Waals surface area contributed by atoms with Gasteiger partial charge in [-0.1, -0.05) is 66.4 Å². The molecule has 3 rings (SSSR count). The molecule has 1 aliphatic rings. The molecule has 1 aliphatic heterocycles. The number of carbonyl (C=O) groups is 1. The molecule has 0 atom stereocenters. The van der Waals surface area contributed by atoms with Crippen LogP contribution in [0.4, 0.5) is 0 Å². The lowest BCUT2D eigenvalue weighted by Crippen LogP contribution is -2.30. The quantitative estimate of drug-likeness (QED) is 0.678. The van der Waals surface area contributed by atoms with Gasteiger partial charge < -0.3 is 5.11 Å². The minimum atomic E-state index is -0.0518. The summed E-state index contributed by atoms with van der Waals surface area (Å²) in [5, 5.41) is 9.31. The topological polar surface area (TPSA) is 40.5 Å². The Hall–Kier alpha value is -2.11. The molecule has 2 aromatic rings. The van der Waals surface area contributed by atoms with Crippen LogP contribution in [0.5, 0.6) is 5.75 Å². The van der Waals surface area contributed by atoms with Crippen LogP contribution in [0.15, 0.2) is 59.5 Å². The van der Waals surface area contributed by atoms with Crippen LogP contribution in [0.2, 0.25) is 0 Å². The minimum Gasteiger partial charge on any atom is -0.508 e. The Morgan fingerprint density at radius 1 is 1.09 bits per heavy atom. The Labute approximate surface area is 144 Å². The van der Waals surface area contributed by atoms with Gasteiger partial charge in [0, 0.05) is 6.54 Å². The van der Waals surface area contributed by atoms with E-state index in [1.807, 2.05) is 30.3 Å². The summed E-state index contributed by atoms with van der Waals surface area (Å²) < 4.78 is 0.593. The number of hydrogen-bond acceptors (Lipinski definition) is 4. The summed E-state index contributed by atoms with van der Waals surface area (Å²) >= 11 is 6.66. The first-order valence-corrected chi connectivity index (χ1v) is 8.44. The van der Waals surface area contributed by atoms with Crippen molar-refractivity contribution in [2.45, 2.75) is 6.42 Å². The van der Waals surface area contributed by atoms with Gasteiger partial charge in [-0.2, -0.15) is 0 Å². The maximum atomic E-state index is 12.5. The summed E-state index contributed by atoms with van der Waals surface area (Å²) in [4.78, 5) is 14.8. The summed E-state index contributed by atoms with van der Waals surface area (Å²) in [6.45, 7) is 0.585. The molecule has 5 heteroatoms. The smallest absolute Gasteiger partial charge is 0.266 e. The second-order valence-corrected chi connectivity index (χ2v) is 6.84. The zero-order valence-corrected chi connectivity index (χ0v) is 13.9. The molecule has 0 aromatic heterocycles. The molecule has 0 radical (unpaired) electrons. The molecule has 3 nitrogen and oxygen atoms in total. The van der Waals surface area contributed by atoms with Crippen LogP contribution < -0.4 is 0 Å². The highest BCUT2D eigenvalue weighted by Gasteiger charge is 2.31. The first kappa shape index (κ1) is 15.8. The number of rotatable bonds is 4. The number of thioether (sulfide) groups is 1. The molecule has 0 aliphatic carbocycles. The molecule has 0 spiro atoms. The monoisotopic (exact) mass is 341 g/mol. The van der Waals surface area contributed by atoms with Crippen molar-refractivity contribution < 1.29 is 9.90 Å². The van der Waals surface area contributed by atoms with Crippen LogP contribution >= 0.6 is 24.0 Å². The lowest BCUT2D eigenvalue weighted by atomic mass is 10.1. The fourth-order valence-corrected chi connectivity index (χ4v) is 3.61. The van der Waals surface area contributed by atoms with E-state index in [0.29, 0.717) is 15.8 Å². The Balaban J connectivity index is 1.71. The maximum Gasteiger partial charge on any atom is 0.266 e. The van der Waals surface area contributed by atoms with E-state index in [9.17, 15) is 9.90 Å². The number of phenols is 1. The van der Waals surface area contributed by atoms with Gasteiger partial charge in [0.05, 0.1) is 4.91 Å². The van der Waals surface area contributed by atoms with E-state index in [1.54, 1.807) is 35.2 Å². The number of hydrogen-bond donors (Lipinski definition) is 1. The van der Waals surface area contributed by atoms with Gasteiger partial charge in [0.2, 0.25) is 0 Å². The second-order valence-electron chi connectivity index (χ2n) is 5.16. The van der Waals surface area contributed by atoms with Gasteiger partial charge in [0.25, 0.3) is 5.91 Å². The van der Waals surface area contributed by atoms with E-state index in [4.69, 9.17) is 12.2 Å².